The third kappa shape index (κ3) is 3.40. The topological polar surface area (TPSA) is 33.0 Å². The van der Waals surface area contributed by atoms with Gasteiger partial charge in [0.2, 0.25) is 0 Å². The second-order valence-electron chi connectivity index (χ2n) is 3.88. The lowest BCUT2D eigenvalue weighted by Gasteiger charge is -2.11. The first-order valence-electron chi connectivity index (χ1n) is 5.47. The number of benzene rings is 2. The fraction of sp³-hybridized carbons (Fsp3) is 0.0714. The van der Waals surface area contributed by atoms with E-state index < -0.39 is 5.82 Å². The highest BCUT2D eigenvalue weighted by atomic mass is 79.9. The minimum Gasteiger partial charge on any atom is -0.486 e. The van der Waals surface area contributed by atoms with Crippen molar-refractivity contribution in [2.24, 2.45) is 0 Å². The first kappa shape index (κ1) is 15.5. The summed E-state index contributed by atoms with van der Waals surface area (Å²) < 4.78 is 21.9. The van der Waals surface area contributed by atoms with Crippen LogP contribution < -0.4 is 4.74 Å². The molecule has 0 heterocycles. The van der Waals surface area contributed by atoms with Crippen molar-refractivity contribution in [1.82, 2.24) is 0 Å². The van der Waals surface area contributed by atoms with E-state index in [4.69, 9.17) is 10.00 Å². The van der Waals surface area contributed by atoms with Crippen LogP contribution in [0.15, 0.2) is 43.7 Å². The van der Waals surface area contributed by atoms with Crippen molar-refractivity contribution in [1.29, 1.82) is 5.26 Å². The summed E-state index contributed by atoms with van der Waals surface area (Å²) in [6.07, 6.45) is 0. The van der Waals surface area contributed by atoms with Crippen LogP contribution in [-0.2, 0) is 6.61 Å². The lowest BCUT2D eigenvalue weighted by atomic mass is 10.1. The Labute approximate surface area is 140 Å². The fourth-order valence-corrected chi connectivity index (χ4v) is 4.08. The fourth-order valence-electron chi connectivity index (χ4n) is 1.59. The Morgan fingerprint density at radius 1 is 1.15 bits per heavy atom. The molecule has 0 fully saturated rings. The molecule has 2 aromatic carbocycles. The van der Waals surface area contributed by atoms with Gasteiger partial charge in [-0.2, -0.15) is 5.26 Å². The predicted octanol–water partition coefficient (Wildman–Crippen LogP) is 5.56. The number of halogens is 4. The van der Waals surface area contributed by atoms with E-state index in [-0.39, 0.29) is 12.2 Å². The van der Waals surface area contributed by atoms with Gasteiger partial charge in [-0.05, 0) is 50.1 Å². The van der Waals surface area contributed by atoms with Crippen LogP contribution in [0.3, 0.4) is 0 Å². The molecule has 0 aliphatic rings. The molecule has 0 saturated heterocycles. The summed E-state index contributed by atoms with van der Waals surface area (Å²) in [6, 6.07) is 10.1. The summed E-state index contributed by atoms with van der Waals surface area (Å²) in [7, 11) is 0. The largest absolute Gasteiger partial charge is 0.486 e. The molecule has 0 amide bonds. The van der Waals surface area contributed by atoms with Gasteiger partial charge >= 0.3 is 0 Å². The third-order valence-corrected chi connectivity index (χ3v) is 4.17. The molecular weight excluding hydrogens is 457 g/mol. The van der Waals surface area contributed by atoms with E-state index in [0.29, 0.717) is 11.3 Å². The number of rotatable bonds is 3. The zero-order valence-electron chi connectivity index (χ0n) is 9.96. The molecule has 0 aromatic heterocycles. The molecule has 2 aromatic rings. The van der Waals surface area contributed by atoms with Crippen molar-refractivity contribution in [3.8, 4) is 11.8 Å². The molecule has 0 aliphatic heterocycles. The Hall–Kier alpha value is -0.900. The standard InChI is InChI=1S/C14H7Br3FNO/c15-10-4-11(16)14(12(17)5-10)20-7-9-3-1-2-8(6-19)13(9)18/h1-5H,7H2. The van der Waals surface area contributed by atoms with Crippen LogP contribution in [0.5, 0.6) is 5.75 Å². The van der Waals surface area contributed by atoms with E-state index in [1.54, 1.807) is 12.1 Å². The smallest absolute Gasteiger partial charge is 0.148 e. The average molecular weight is 464 g/mol. The average Bonchev–Trinajstić information content (AvgIpc) is 2.39. The zero-order chi connectivity index (χ0) is 14.7. The molecule has 0 spiro atoms. The maximum absolute atomic E-state index is 13.9. The number of nitriles is 1. The second kappa shape index (κ2) is 6.70. The SMILES string of the molecule is N#Cc1cccc(COc2c(Br)cc(Br)cc2Br)c1F. The monoisotopic (exact) mass is 461 g/mol. The number of nitrogens with zero attached hydrogens (tertiary/aromatic N) is 1. The molecule has 102 valence electrons. The van der Waals surface area contributed by atoms with Crippen LogP contribution in [0.25, 0.3) is 0 Å². The lowest BCUT2D eigenvalue weighted by Crippen LogP contribution is -2.01. The van der Waals surface area contributed by atoms with Gasteiger partial charge in [0.25, 0.3) is 0 Å². The van der Waals surface area contributed by atoms with Gasteiger partial charge in [0.1, 0.15) is 24.2 Å². The van der Waals surface area contributed by atoms with Crippen LogP contribution in [-0.4, -0.2) is 0 Å². The van der Waals surface area contributed by atoms with E-state index in [2.05, 4.69) is 47.8 Å². The van der Waals surface area contributed by atoms with Crippen LogP contribution in [0.2, 0.25) is 0 Å². The van der Waals surface area contributed by atoms with Crippen molar-refractivity contribution < 1.29 is 9.13 Å². The van der Waals surface area contributed by atoms with E-state index >= 15 is 0 Å². The van der Waals surface area contributed by atoms with E-state index in [0.717, 1.165) is 13.4 Å². The van der Waals surface area contributed by atoms with Gasteiger partial charge < -0.3 is 4.74 Å². The van der Waals surface area contributed by atoms with Crippen molar-refractivity contribution >= 4 is 47.8 Å². The van der Waals surface area contributed by atoms with Crippen molar-refractivity contribution in [2.45, 2.75) is 6.61 Å². The molecule has 0 aliphatic carbocycles. The maximum atomic E-state index is 13.9. The molecule has 6 heteroatoms. The molecule has 0 N–H and O–H groups in total. The maximum Gasteiger partial charge on any atom is 0.148 e. The van der Waals surface area contributed by atoms with Crippen LogP contribution in [0.1, 0.15) is 11.1 Å². The Morgan fingerprint density at radius 2 is 1.80 bits per heavy atom. The highest BCUT2D eigenvalue weighted by Gasteiger charge is 2.12. The molecule has 0 unspecified atom stereocenters. The number of hydrogen-bond donors (Lipinski definition) is 0. The summed E-state index contributed by atoms with van der Waals surface area (Å²) >= 11 is 10.1. The Kier molecular flexibility index (Phi) is 5.19. The van der Waals surface area contributed by atoms with Crippen molar-refractivity contribution in [2.75, 3.05) is 0 Å². The third-order valence-electron chi connectivity index (χ3n) is 2.53. The van der Waals surface area contributed by atoms with Crippen LogP contribution in [0, 0.1) is 17.1 Å². The molecular formula is C14H7Br3FNO. The first-order valence-corrected chi connectivity index (χ1v) is 7.85. The summed E-state index contributed by atoms with van der Waals surface area (Å²) in [5.74, 6) is 0.0364. The normalized spacial score (nSPS) is 10.2. The Morgan fingerprint density at radius 3 is 2.40 bits per heavy atom. The Balaban J connectivity index is 2.24. The van der Waals surface area contributed by atoms with E-state index in [1.807, 2.05) is 18.2 Å². The second-order valence-corrected chi connectivity index (χ2v) is 6.50. The predicted molar refractivity (Wildman–Crippen MR) is 85.0 cm³/mol. The summed E-state index contributed by atoms with van der Waals surface area (Å²) in [6.45, 7) is 0.0419. The summed E-state index contributed by atoms with van der Waals surface area (Å²) in [4.78, 5) is 0. The molecule has 20 heavy (non-hydrogen) atoms. The zero-order valence-corrected chi connectivity index (χ0v) is 14.7. The minimum atomic E-state index is -0.542. The van der Waals surface area contributed by atoms with Crippen molar-refractivity contribution in [3.05, 3.63) is 60.7 Å². The van der Waals surface area contributed by atoms with Gasteiger partial charge in [-0.1, -0.05) is 28.1 Å². The quantitative estimate of drug-likeness (QED) is 0.596. The van der Waals surface area contributed by atoms with Gasteiger partial charge in [-0.15, -0.1) is 0 Å². The molecule has 2 nitrogen and oxygen atoms in total. The molecule has 0 bridgehead atoms. The van der Waals surface area contributed by atoms with Crippen LogP contribution >= 0.6 is 47.8 Å². The van der Waals surface area contributed by atoms with Gasteiger partial charge in [-0.3, -0.25) is 0 Å². The lowest BCUT2D eigenvalue weighted by molar-refractivity contribution is 0.296. The van der Waals surface area contributed by atoms with Gasteiger partial charge in [-0.25, -0.2) is 4.39 Å². The molecule has 0 radical (unpaired) electrons. The Bertz CT molecular complexity index is 674. The van der Waals surface area contributed by atoms with E-state index in [1.165, 1.54) is 6.07 Å². The number of ether oxygens (including phenoxy) is 1. The highest BCUT2D eigenvalue weighted by molar-refractivity contribution is 9.11. The van der Waals surface area contributed by atoms with E-state index in [9.17, 15) is 4.39 Å². The van der Waals surface area contributed by atoms with Gasteiger partial charge in [0.15, 0.2) is 0 Å². The highest BCUT2D eigenvalue weighted by Crippen LogP contribution is 2.37. The first-order chi connectivity index (χ1) is 9.52. The van der Waals surface area contributed by atoms with Gasteiger partial charge in [0.05, 0.1) is 14.5 Å². The molecule has 0 atom stereocenters. The minimum absolute atomic E-state index is 0.0139. The molecule has 2 rings (SSSR count). The van der Waals surface area contributed by atoms with Gasteiger partial charge in [0, 0.05) is 10.0 Å². The van der Waals surface area contributed by atoms with Crippen LogP contribution in [0.4, 0.5) is 4.39 Å². The van der Waals surface area contributed by atoms with Crippen molar-refractivity contribution in [3.63, 3.8) is 0 Å². The number of hydrogen-bond acceptors (Lipinski definition) is 2. The molecule has 0 saturated carbocycles. The summed E-state index contributed by atoms with van der Waals surface area (Å²) in [5, 5.41) is 8.80. The summed E-state index contributed by atoms with van der Waals surface area (Å²) in [5.41, 5.74) is 0.353.